The summed E-state index contributed by atoms with van der Waals surface area (Å²) in [6, 6.07) is 4.40. The lowest BCUT2D eigenvalue weighted by atomic mass is 10.1. The van der Waals surface area contributed by atoms with Crippen molar-refractivity contribution >= 4 is 11.9 Å². The maximum Gasteiger partial charge on any atom is 0.326 e. The van der Waals surface area contributed by atoms with Crippen LogP contribution in [0.3, 0.4) is 0 Å². The molecule has 112 valence electrons. The molecule has 0 spiro atoms. The number of hydrogen-bond donors (Lipinski definition) is 2. The van der Waals surface area contributed by atoms with E-state index in [1.54, 1.807) is 25.1 Å². The highest BCUT2D eigenvalue weighted by Gasteiger charge is 2.33. The fourth-order valence-electron chi connectivity index (χ4n) is 1.98. The number of carbonyl (C=O) groups excluding carboxylic acids is 1. The molecule has 2 atom stereocenters. The molecular weight excluding hydrogens is 274 g/mol. The number of benzene rings is 1. The van der Waals surface area contributed by atoms with Crippen LogP contribution >= 0.6 is 0 Å². The minimum absolute atomic E-state index is 0.282. The van der Waals surface area contributed by atoms with Gasteiger partial charge in [-0.15, -0.1) is 6.58 Å². The van der Waals surface area contributed by atoms with Crippen molar-refractivity contribution in [1.82, 2.24) is 5.32 Å². The van der Waals surface area contributed by atoms with Crippen LogP contribution in [0.15, 0.2) is 30.9 Å². The number of ether oxygens (including phenoxy) is 2. The van der Waals surface area contributed by atoms with Crippen LogP contribution in [0, 0.1) is 0 Å². The summed E-state index contributed by atoms with van der Waals surface area (Å²) in [4.78, 5) is 22.9. The van der Waals surface area contributed by atoms with E-state index < -0.39 is 24.2 Å². The molecule has 1 aliphatic heterocycles. The molecule has 0 radical (unpaired) electrons. The third-order valence-corrected chi connectivity index (χ3v) is 3.09. The van der Waals surface area contributed by atoms with Gasteiger partial charge in [0.15, 0.2) is 11.5 Å². The number of fused-ring (bicyclic) bond motifs is 1. The monoisotopic (exact) mass is 291 g/mol. The number of rotatable bonds is 6. The summed E-state index contributed by atoms with van der Waals surface area (Å²) in [5, 5.41) is 11.3. The molecule has 1 aromatic rings. The Bertz CT molecular complexity index is 569. The summed E-state index contributed by atoms with van der Waals surface area (Å²) < 4.78 is 10.8. The van der Waals surface area contributed by atoms with Crippen LogP contribution in [0.1, 0.15) is 18.9 Å². The number of allylic oxidation sites excluding steroid dienone is 1. The van der Waals surface area contributed by atoms with Crippen molar-refractivity contribution in [1.29, 1.82) is 0 Å². The Balaban J connectivity index is 2.03. The van der Waals surface area contributed by atoms with Gasteiger partial charge in [-0.05, 0) is 30.5 Å². The van der Waals surface area contributed by atoms with Crippen LogP contribution in [0.5, 0.6) is 11.5 Å². The Morgan fingerprint density at radius 1 is 1.43 bits per heavy atom. The van der Waals surface area contributed by atoms with E-state index in [0.29, 0.717) is 17.9 Å². The number of carboxylic acids is 1. The summed E-state index contributed by atoms with van der Waals surface area (Å²) >= 11 is 0. The van der Waals surface area contributed by atoms with Crippen LogP contribution < -0.4 is 14.8 Å². The van der Waals surface area contributed by atoms with Crippen LogP contribution in [0.4, 0.5) is 0 Å². The van der Waals surface area contributed by atoms with Crippen molar-refractivity contribution in [3.8, 4) is 11.5 Å². The Kier molecular flexibility index (Phi) is 4.47. The van der Waals surface area contributed by atoms with Crippen LogP contribution in [-0.2, 0) is 16.0 Å². The van der Waals surface area contributed by atoms with Crippen LogP contribution in [0.2, 0.25) is 0 Å². The third kappa shape index (κ3) is 3.34. The lowest BCUT2D eigenvalue weighted by molar-refractivity contribution is -0.146. The average Bonchev–Trinajstić information content (AvgIpc) is 2.87. The second kappa shape index (κ2) is 6.30. The average molecular weight is 291 g/mol. The summed E-state index contributed by atoms with van der Waals surface area (Å²) in [5.41, 5.74) is 0.991. The van der Waals surface area contributed by atoms with Crippen molar-refractivity contribution in [3.05, 3.63) is 36.4 Å². The minimum atomic E-state index is -1.16. The Morgan fingerprint density at radius 2 is 2.14 bits per heavy atom. The lowest BCUT2D eigenvalue weighted by Crippen LogP contribution is -2.47. The fourth-order valence-corrected chi connectivity index (χ4v) is 1.98. The van der Waals surface area contributed by atoms with Gasteiger partial charge in [-0.2, -0.15) is 0 Å². The SMILES string of the molecule is C=CCc1ccc2c(c1)OC(C(=O)NC(CC)C(=O)O)O2. The van der Waals surface area contributed by atoms with Crippen molar-refractivity contribution in [2.75, 3.05) is 0 Å². The predicted octanol–water partition coefficient (Wildman–Crippen LogP) is 1.49. The quantitative estimate of drug-likeness (QED) is 0.776. The number of carbonyl (C=O) groups is 2. The zero-order valence-electron chi connectivity index (χ0n) is 11.7. The first kappa shape index (κ1) is 14.9. The van der Waals surface area contributed by atoms with Gasteiger partial charge in [-0.25, -0.2) is 4.79 Å². The van der Waals surface area contributed by atoms with Crippen molar-refractivity contribution in [3.63, 3.8) is 0 Å². The summed E-state index contributed by atoms with van der Waals surface area (Å²) in [6.45, 7) is 5.33. The van der Waals surface area contributed by atoms with Crippen molar-refractivity contribution in [2.24, 2.45) is 0 Å². The largest absolute Gasteiger partial charge is 0.480 e. The second-order valence-corrected chi connectivity index (χ2v) is 4.65. The Morgan fingerprint density at radius 3 is 2.76 bits per heavy atom. The van der Waals surface area contributed by atoms with Gasteiger partial charge in [-0.3, -0.25) is 4.79 Å². The maximum absolute atomic E-state index is 12.0. The van der Waals surface area contributed by atoms with E-state index in [1.807, 2.05) is 6.07 Å². The molecule has 6 heteroatoms. The maximum atomic E-state index is 12.0. The van der Waals surface area contributed by atoms with E-state index in [-0.39, 0.29) is 6.42 Å². The summed E-state index contributed by atoms with van der Waals surface area (Å²) in [5.74, 6) is -0.760. The molecule has 0 fully saturated rings. The smallest absolute Gasteiger partial charge is 0.326 e. The van der Waals surface area contributed by atoms with Gasteiger partial charge in [0.25, 0.3) is 0 Å². The molecule has 0 saturated carbocycles. The number of hydrogen-bond acceptors (Lipinski definition) is 4. The highest BCUT2D eigenvalue weighted by Crippen LogP contribution is 2.35. The molecule has 0 aromatic heterocycles. The van der Waals surface area contributed by atoms with Gasteiger partial charge in [0.1, 0.15) is 6.04 Å². The highest BCUT2D eigenvalue weighted by atomic mass is 16.7. The molecule has 0 bridgehead atoms. The highest BCUT2D eigenvalue weighted by molar-refractivity contribution is 5.86. The molecule has 2 rings (SSSR count). The van der Waals surface area contributed by atoms with E-state index in [0.717, 1.165) is 5.56 Å². The predicted molar refractivity (Wildman–Crippen MR) is 75.2 cm³/mol. The molecule has 1 aromatic carbocycles. The minimum Gasteiger partial charge on any atom is -0.480 e. The number of amides is 1. The molecule has 1 aliphatic rings. The van der Waals surface area contributed by atoms with Gasteiger partial charge < -0.3 is 19.9 Å². The van der Waals surface area contributed by atoms with E-state index in [9.17, 15) is 9.59 Å². The molecule has 1 amide bonds. The Labute approximate surface area is 122 Å². The normalized spacial score (nSPS) is 17.1. The summed E-state index contributed by atoms with van der Waals surface area (Å²) in [6.07, 6.45) is 1.57. The molecule has 2 N–H and O–H groups in total. The van der Waals surface area contributed by atoms with E-state index in [2.05, 4.69) is 11.9 Å². The van der Waals surface area contributed by atoms with Crippen molar-refractivity contribution < 1.29 is 24.2 Å². The number of nitrogens with one attached hydrogen (secondary N) is 1. The molecule has 1 heterocycles. The van der Waals surface area contributed by atoms with E-state index >= 15 is 0 Å². The molecule has 6 nitrogen and oxygen atoms in total. The third-order valence-electron chi connectivity index (χ3n) is 3.09. The Hall–Kier alpha value is -2.50. The van der Waals surface area contributed by atoms with E-state index in [4.69, 9.17) is 14.6 Å². The van der Waals surface area contributed by atoms with Crippen molar-refractivity contribution in [2.45, 2.75) is 32.1 Å². The first-order chi connectivity index (χ1) is 10.0. The van der Waals surface area contributed by atoms with Crippen LogP contribution in [-0.4, -0.2) is 29.3 Å². The van der Waals surface area contributed by atoms with Gasteiger partial charge in [0.05, 0.1) is 0 Å². The van der Waals surface area contributed by atoms with Gasteiger partial charge in [-0.1, -0.05) is 19.1 Å². The standard InChI is InChI=1S/C15H17NO5/c1-3-5-9-6-7-11-12(8-9)21-15(20-11)13(17)16-10(4-2)14(18)19/h3,6-8,10,15H,1,4-5H2,2H3,(H,16,17)(H,18,19). The number of aliphatic carboxylic acids is 1. The molecule has 0 saturated heterocycles. The first-order valence-electron chi connectivity index (χ1n) is 6.65. The molecule has 21 heavy (non-hydrogen) atoms. The number of carboxylic acid groups (broad SMARTS) is 1. The second-order valence-electron chi connectivity index (χ2n) is 4.65. The topological polar surface area (TPSA) is 84.9 Å². The first-order valence-corrected chi connectivity index (χ1v) is 6.65. The van der Waals surface area contributed by atoms with Gasteiger partial charge in [0, 0.05) is 0 Å². The van der Waals surface area contributed by atoms with Gasteiger partial charge >= 0.3 is 18.2 Å². The molecule has 2 unspecified atom stereocenters. The zero-order chi connectivity index (χ0) is 15.4. The molecule has 0 aliphatic carbocycles. The van der Waals surface area contributed by atoms with E-state index in [1.165, 1.54) is 0 Å². The van der Waals surface area contributed by atoms with Crippen LogP contribution in [0.25, 0.3) is 0 Å². The summed E-state index contributed by atoms with van der Waals surface area (Å²) in [7, 11) is 0. The fraction of sp³-hybridized carbons (Fsp3) is 0.333. The van der Waals surface area contributed by atoms with Gasteiger partial charge in [0.2, 0.25) is 0 Å². The molecular formula is C15H17NO5. The lowest BCUT2D eigenvalue weighted by Gasteiger charge is -2.15. The zero-order valence-corrected chi connectivity index (χ0v) is 11.7.